The Bertz CT molecular complexity index is 412. The second kappa shape index (κ2) is 8.55. The lowest BCUT2D eigenvalue weighted by Gasteiger charge is -2.44. The highest BCUT2D eigenvalue weighted by molar-refractivity contribution is 5.80. The van der Waals surface area contributed by atoms with Crippen LogP contribution in [-0.2, 0) is 0 Å². The van der Waals surface area contributed by atoms with Crippen molar-refractivity contribution in [2.24, 2.45) is 16.3 Å². The number of rotatable bonds is 3. The van der Waals surface area contributed by atoms with Crippen LogP contribution in [0.3, 0.4) is 0 Å². The maximum absolute atomic E-state index is 5.06. The molecule has 1 saturated carbocycles. The second-order valence-corrected chi connectivity index (χ2v) is 8.55. The molecule has 2 saturated heterocycles. The normalized spacial score (nSPS) is 29.0. The van der Waals surface area contributed by atoms with Gasteiger partial charge in [-0.05, 0) is 64.0 Å². The number of nitrogens with one attached hydrogen (secondary N) is 1. The molecule has 0 radical (unpaired) electrons. The van der Waals surface area contributed by atoms with E-state index in [9.17, 15) is 0 Å². The molecule has 0 aromatic rings. The molecule has 3 rings (SSSR count). The van der Waals surface area contributed by atoms with Gasteiger partial charge in [-0.15, -0.1) is 0 Å². The summed E-state index contributed by atoms with van der Waals surface area (Å²) >= 11 is 0. The van der Waals surface area contributed by atoms with E-state index in [1.54, 1.807) is 0 Å². The van der Waals surface area contributed by atoms with Gasteiger partial charge in [0.2, 0.25) is 0 Å². The summed E-state index contributed by atoms with van der Waals surface area (Å²) < 4.78 is 0. The number of likely N-dealkylation sites (tertiary alicyclic amines) is 2. The smallest absolute Gasteiger partial charge is 0.193 e. The molecule has 4 heteroatoms. The highest BCUT2D eigenvalue weighted by atomic mass is 15.3. The standard InChI is InChI=1S/C20H38N4/c1-3-21-19(22-15-18-9-14-23(2)16-18)24-13-8-12-20(17-24)10-6-4-5-7-11-20/h18H,3-17H2,1-2H3,(H,21,22). The van der Waals surface area contributed by atoms with Gasteiger partial charge in [0.15, 0.2) is 5.96 Å². The van der Waals surface area contributed by atoms with Crippen molar-refractivity contribution in [3.8, 4) is 0 Å². The number of hydrogen-bond donors (Lipinski definition) is 1. The maximum atomic E-state index is 5.06. The van der Waals surface area contributed by atoms with Crippen molar-refractivity contribution in [1.82, 2.24) is 15.1 Å². The minimum absolute atomic E-state index is 0.582. The fourth-order valence-corrected chi connectivity index (χ4v) is 5.09. The molecule has 138 valence electrons. The Kier molecular flexibility index (Phi) is 6.43. The summed E-state index contributed by atoms with van der Waals surface area (Å²) in [6, 6.07) is 0. The molecule has 3 aliphatic rings. The molecule has 1 unspecified atom stereocenters. The minimum atomic E-state index is 0.582. The zero-order chi connectivity index (χ0) is 16.8. The van der Waals surface area contributed by atoms with Crippen LogP contribution in [0.25, 0.3) is 0 Å². The molecule has 2 heterocycles. The van der Waals surface area contributed by atoms with Gasteiger partial charge in [0.1, 0.15) is 0 Å². The van der Waals surface area contributed by atoms with E-state index in [4.69, 9.17) is 4.99 Å². The highest BCUT2D eigenvalue weighted by Crippen LogP contribution is 2.42. The topological polar surface area (TPSA) is 30.9 Å². The molecule has 0 aromatic heterocycles. The van der Waals surface area contributed by atoms with Crippen molar-refractivity contribution in [1.29, 1.82) is 0 Å². The Hall–Kier alpha value is -0.770. The van der Waals surface area contributed by atoms with Crippen LogP contribution in [0.2, 0.25) is 0 Å². The molecule has 0 amide bonds. The van der Waals surface area contributed by atoms with Gasteiger partial charge in [0.25, 0.3) is 0 Å². The molecule has 0 aromatic carbocycles. The zero-order valence-electron chi connectivity index (χ0n) is 16.0. The lowest BCUT2D eigenvalue weighted by molar-refractivity contribution is 0.115. The fourth-order valence-electron chi connectivity index (χ4n) is 5.09. The Morgan fingerprint density at radius 3 is 2.50 bits per heavy atom. The van der Waals surface area contributed by atoms with Crippen LogP contribution >= 0.6 is 0 Å². The van der Waals surface area contributed by atoms with Crippen molar-refractivity contribution < 1.29 is 0 Å². The number of guanidine groups is 1. The summed E-state index contributed by atoms with van der Waals surface area (Å²) in [6.07, 6.45) is 12.8. The number of piperidine rings is 1. The first-order valence-corrected chi connectivity index (χ1v) is 10.4. The van der Waals surface area contributed by atoms with Crippen molar-refractivity contribution in [2.75, 3.05) is 46.3 Å². The Labute approximate surface area is 149 Å². The van der Waals surface area contributed by atoms with E-state index < -0.39 is 0 Å². The van der Waals surface area contributed by atoms with Crippen molar-refractivity contribution in [3.63, 3.8) is 0 Å². The molecular formula is C20H38N4. The molecule has 1 N–H and O–H groups in total. The lowest BCUT2D eigenvalue weighted by atomic mass is 9.74. The average molecular weight is 335 g/mol. The maximum Gasteiger partial charge on any atom is 0.193 e. The summed E-state index contributed by atoms with van der Waals surface area (Å²) in [7, 11) is 2.23. The van der Waals surface area contributed by atoms with E-state index in [1.165, 1.54) is 89.9 Å². The fraction of sp³-hybridized carbons (Fsp3) is 0.950. The van der Waals surface area contributed by atoms with E-state index in [0.717, 1.165) is 19.0 Å². The summed E-state index contributed by atoms with van der Waals surface area (Å²) in [5, 5.41) is 3.59. The van der Waals surface area contributed by atoms with Gasteiger partial charge in [-0.1, -0.05) is 25.7 Å². The molecule has 1 atom stereocenters. The third-order valence-corrected chi connectivity index (χ3v) is 6.45. The van der Waals surface area contributed by atoms with E-state index >= 15 is 0 Å². The average Bonchev–Trinajstić information content (AvgIpc) is 2.87. The Morgan fingerprint density at radius 1 is 1.08 bits per heavy atom. The Morgan fingerprint density at radius 2 is 1.83 bits per heavy atom. The SMILES string of the molecule is CCNC(=NCC1CCN(C)C1)N1CCCC2(CCCCCC2)C1. The van der Waals surface area contributed by atoms with Gasteiger partial charge < -0.3 is 15.1 Å². The molecular weight excluding hydrogens is 296 g/mol. The lowest BCUT2D eigenvalue weighted by Crippen LogP contribution is -2.50. The van der Waals surface area contributed by atoms with Gasteiger partial charge in [-0.3, -0.25) is 4.99 Å². The molecule has 1 aliphatic carbocycles. The summed E-state index contributed by atoms with van der Waals surface area (Å²) in [4.78, 5) is 10.1. The van der Waals surface area contributed by atoms with Crippen LogP contribution in [0.1, 0.15) is 64.7 Å². The van der Waals surface area contributed by atoms with Crippen LogP contribution in [0, 0.1) is 11.3 Å². The van der Waals surface area contributed by atoms with Crippen LogP contribution < -0.4 is 5.32 Å². The third-order valence-electron chi connectivity index (χ3n) is 6.45. The highest BCUT2D eigenvalue weighted by Gasteiger charge is 2.36. The summed E-state index contributed by atoms with van der Waals surface area (Å²) in [6.45, 7) is 9.06. The van der Waals surface area contributed by atoms with Crippen LogP contribution in [0.5, 0.6) is 0 Å². The van der Waals surface area contributed by atoms with Gasteiger partial charge in [-0.25, -0.2) is 0 Å². The predicted molar refractivity (Wildman–Crippen MR) is 103 cm³/mol. The first-order valence-electron chi connectivity index (χ1n) is 10.4. The number of aliphatic imine (C=N–C) groups is 1. The Balaban J connectivity index is 1.63. The van der Waals surface area contributed by atoms with E-state index in [0.29, 0.717) is 5.41 Å². The predicted octanol–water partition coefficient (Wildman–Crippen LogP) is 3.34. The van der Waals surface area contributed by atoms with E-state index in [-0.39, 0.29) is 0 Å². The third kappa shape index (κ3) is 4.65. The number of hydrogen-bond acceptors (Lipinski definition) is 2. The van der Waals surface area contributed by atoms with Crippen LogP contribution in [0.15, 0.2) is 4.99 Å². The molecule has 24 heavy (non-hydrogen) atoms. The van der Waals surface area contributed by atoms with Gasteiger partial charge in [0, 0.05) is 32.7 Å². The molecule has 2 aliphatic heterocycles. The minimum Gasteiger partial charge on any atom is -0.357 e. The van der Waals surface area contributed by atoms with E-state index in [1.807, 2.05) is 0 Å². The first-order chi connectivity index (χ1) is 11.7. The quantitative estimate of drug-likeness (QED) is 0.634. The monoisotopic (exact) mass is 334 g/mol. The van der Waals surface area contributed by atoms with Crippen molar-refractivity contribution in [2.45, 2.75) is 64.7 Å². The van der Waals surface area contributed by atoms with Crippen LogP contribution in [0.4, 0.5) is 0 Å². The summed E-state index contributed by atoms with van der Waals surface area (Å²) in [5.74, 6) is 1.94. The molecule has 1 spiro atoms. The van der Waals surface area contributed by atoms with Crippen LogP contribution in [-0.4, -0.2) is 62.1 Å². The van der Waals surface area contributed by atoms with Gasteiger partial charge in [0.05, 0.1) is 0 Å². The second-order valence-electron chi connectivity index (χ2n) is 8.55. The summed E-state index contributed by atoms with van der Waals surface area (Å²) in [5.41, 5.74) is 0.582. The molecule has 3 fully saturated rings. The van der Waals surface area contributed by atoms with Gasteiger partial charge in [-0.2, -0.15) is 0 Å². The first kappa shape index (κ1) is 18.0. The van der Waals surface area contributed by atoms with Gasteiger partial charge >= 0.3 is 0 Å². The van der Waals surface area contributed by atoms with Crippen molar-refractivity contribution >= 4 is 5.96 Å². The largest absolute Gasteiger partial charge is 0.357 e. The van der Waals surface area contributed by atoms with Crippen molar-refractivity contribution in [3.05, 3.63) is 0 Å². The molecule has 4 nitrogen and oxygen atoms in total. The van der Waals surface area contributed by atoms with E-state index in [2.05, 4.69) is 29.1 Å². The number of nitrogens with zero attached hydrogens (tertiary/aromatic N) is 3. The molecule has 0 bridgehead atoms. The zero-order valence-corrected chi connectivity index (χ0v) is 16.0.